The quantitative estimate of drug-likeness (QED) is 0.499. The lowest BCUT2D eigenvalue weighted by Crippen LogP contribution is -1.93. The van der Waals surface area contributed by atoms with Gasteiger partial charge in [0.1, 0.15) is 0 Å². The van der Waals surface area contributed by atoms with Gasteiger partial charge in [-0.2, -0.15) is 0 Å². The van der Waals surface area contributed by atoms with Gasteiger partial charge in [-0.1, -0.05) is 90.0 Å². The van der Waals surface area contributed by atoms with E-state index in [1.807, 2.05) is 0 Å². The summed E-state index contributed by atoms with van der Waals surface area (Å²) in [4.78, 5) is 0. The molecule has 0 bridgehead atoms. The minimum Gasteiger partial charge on any atom is -0.0622 e. The Hall–Kier alpha value is -2.60. The highest BCUT2D eigenvalue weighted by molar-refractivity contribution is 5.97. The average Bonchev–Trinajstić information content (AvgIpc) is 2.56. The molecule has 0 heteroatoms. The molecule has 3 aromatic carbocycles. The molecule has 0 saturated heterocycles. The molecule has 3 rings (SSSR count). The maximum Gasteiger partial charge on any atom is -0.00761 e. The zero-order valence-electron chi connectivity index (χ0n) is 14.0. The Bertz CT molecular complexity index is 839. The van der Waals surface area contributed by atoms with Gasteiger partial charge in [-0.3, -0.25) is 0 Å². The summed E-state index contributed by atoms with van der Waals surface area (Å²) in [6.07, 6.45) is 0. The number of aryl methyl sites for hydroxylation is 2. The van der Waals surface area contributed by atoms with E-state index < -0.39 is 0 Å². The standard InChI is InChI=1S/C23H22/c1-17-9-7-13-21(15-17)19(3)23(20-11-5-4-6-12-20)22-14-8-10-18(2)16-22/h4-16H,1-3H3/b23-19-. The van der Waals surface area contributed by atoms with Crippen molar-refractivity contribution in [3.8, 4) is 0 Å². The van der Waals surface area contributed by atoms with Crippen molar-refractivity contribution in [3.05, 3.63) is 107 Å². The van der Waals surface area contributed by atoms with Gasteiger partial charge in [-0.25, -0.2) is 0 Å². The van der Waals surface area contributed by atoms with E-state index in [0.717, 1.165) is 0 Å². The Balaban J connectivity index is 2.25. The zero-order valence-corrected chi connectivity index (χ0v) is 14.0. The lowest BCUT2D eigenvalue weighted by Gasteiger charge is -2.15. The second-order valence-corrected chi connectivity index (χ2v) is 6.10. The molecule has 0 fully saturated rings. The molecule has 0 spiro atoms. The van der Waals surface area contributed by atoms with Gasteiger partial charge in [0.15, 0.2) is 0 Å². The van der Waals surface area contributed by atoms with Gasteiger partial charge in [0, 0.05) is 0 Å². The Labute approximate surface area is 139 Å². The molecule has 0 amide bonds. The van der Waals surface area contributed by atoms with Crippen molar-refractivity contribution in [2.75, 3.05) is 0 Å². The number of allylic oxidation sites excluding steroid dienone is 1. The monoisotopic (exact) mass is 298 g/mol. The van der Waals surface area contributed by atoms with Crippen LogP contribution < -0.4 is 0 Å². The van der Waals surface area contributed by atoms with Crippen LogP contribution in [-0.4, -0.2) is 0 Å². The minimum absolute atomic E-state index is 1.26. The van der Waals surface area contributed by atoms with E-state index in [0.29, 0.717) is 0 Å². The number of rotatable bonds is 3. The normalized spacial score (nSPS) is 12.0. The second-order valence-electron chi connectivity index (χ2n) is 6.10. The Morgan fingerprint density at radius 2 is 1.09 bits per heavy atom. The van der Waals surface area contributed by atoms with Crippen LogP contribution in [0, 0.1) is 13.8 Å². The van der Waals surface area contributed by atoms with Gasteiger partial charge >= 0.3 is 0 Å². The van der Waals surface area contributed by atoms with Crippen LogP contribution in [0.5, 0.6) is 0 Å². The fraction of sp³-hybridized carbons (Fsp3) is 0.130. The van der Waals surface area contributed by atoms with Crippen LogP contribution in [0.15, 0.2) is 78.9 Å². The molecule has 0 heterocycles. The van der Waals surface area contributed by atoms with Crippen molar-refractivity contribution in [2.45, 2.75) is 20.8 Å². The summed E-state index contributed by atoms with van der Waals surface area (Å²) in [5.41, 5.74) is 9.01. The van der Waals surface area contributed by atoms with E-state index in [9.17, 15) is 0 Å². The molecule has 0 unspecified atom stereocenters. The first-order valence-corrected chi connectivity index (χ1v) is 8.05. The maximum absolute atomic E-state index is 2.27. The van der Waals surface area contributed by atoms with Gasteiger partial charge in [0.25, 0.3) is 0 Å². The molecule has 114 valence electrons. The fourth-order valence-electron chi connectivity index (χ4n) is 3.03. The van der Waals surface area contributed by atoms with E-state index in [4.69, 9.17) is 0 Å². The predicted octanol–water partition coefficient (Wildman–Crippen LogP) is 6.28. The first-order valence-electron chi connectivity index (χ1n) is 8.05. The minimum atomic E-state index is 1.26. The third-order valence-corrected chi connectivity index (χ3v) is 4.20. The van der Waals surface area contributed by atoms with Gasteiger partial charge in [0.05, 0.1) is 0 Å². The van der Waals surface area contributed by atoms with Crippen LogP contribution in [0.2, 0.25) is 0 Å². The molecule has 0 aliphatic rings. The lowest BCUT2D eigenvalue weighted by molar-refractivity contribution is 1.41. The van der Waals surface area contributed by atoms with Crippen molar-refractivity contribution in [2.24, 2.45) is 0 Å². The Morgan fingerprint density at radius 3 is 1.70 bits per heavy atom. The summed E-state index contributed by atoms with van der Waals surface area (Å²) in [6, 6.07) is 28.1. The third kappa shape index (κ3) is 3.43. The first-order chi connectivity index (χ1) is 11.1. The van der Waals surface area contributed by atoms with E-state index in [-0.39, 0.29) is 0 Å². The van der Waals surface area contributed by atoms with E-state index in [2.05, 4.69) is 99.6 Å². The Morgan fingerprint density at radius 1 is 0.565 bits per heavy atom. The van der Waals surface area contributed by atoms with Crippen molar-refractivity contribution in [3.63, 3.8) is 0 Å². The summed E-state index contributed by atoms with van der Waals surface area (Å²) in [7, 11) is 0. The molecular weight excluding hydrogens is 276 g/mol. The van der Waals surface area contributed by atoms with Crippen molar-refractivity contribution in [1.82, 2.24) is 0 Å². The molecule has 0 nitrogen and oxygen atoms in total. The van der Waals surface area contributed by atoms with Gasteiger partial charge in [-0.05, 0) is 48.6 Å². The van der Waals surface area contributed by atoms with E-state index in [1.165, 1.54) is 39.0 Å². The highest BCUT2D eigenvalue weighted by Gasteiger charge is 2.10. The summed E-state index contributed by atoms with van der Waals surface area (Å²) in [5.74, 6) is 0. The molecule has 0 saturated carbocycles. The topological polar surface area (TPSA) is 0 Å². The number of hydrogen-bond acceptors (Lipinski definition) is 0. The van der Waals surface area contributed by atoms with Gasteiger partial charge in [0.2, 0.25) is 0 Å². The first kappa shape index (κ1) is 15.3. The number of benzene rings is 3. The highest BCUT2D eigenvalue weighted by Crippen LogP contribution is 2.32. The van der Waals surface area contributed by atoms with Gasteiger partial charge < -0.3 is 0 Å². The molecule has 0 atom stereocenters. The van der Waals surface area contributed by atoms with Crippen LogP contribution in [0.3, 0.4) is 0 Å². The van der Waals surface area contributed by atoms with Crippen LogP contribution in [0.25, 0.3) is 11.1 Å². The molecule has 0 N–H and O–H groups in total. The van der Waals surface area contributed by atoms with Crippen molar-refractivity contribution >= 4 is 11.1 Å². The largest absolute Gasteiger partial charge is 0.0622 e. The molecule has 0 aromatic heterocycles. The molecule has 0 radical (unpaired) electrons. The zero-order chi connectivity index (χ0) is 16.2. The molecule has 23 heavy (non-hydrogen) atoms. The molecule has 0 aliphatic carbocycles. The van der Waals surface area contributed by atoms with Crippen molar-refractivity contribution < 1.29 is 0 Å². The maximum atomic E-state index is 2.27. The predicted molar refractivity (Wildman–Crippen MR) is 100 cm³/mol. The smallest absolute Gasteiger partial charge is 0.00761 e. The van der Waals surface area contributed by atoms with Crippen molar-refractivity contribution in [1.29, 1.82) is 0 Å². The summed E-state index contributed by atoms with van der Waals surface area (Å²) in [6.45, 7) is 6.51. The second kappa shape index (κ2) is 6.66. The summed E-state index contributed by atoms with van der Waals surface area (Å²) >= 11 is 0. The highest BCUT2D eigenvalue weighted by atomic mass is 14.1. The van der Waals surface area contributed by atoms with Crippen LogP contribution in [0.4, 0.5) is 0 Å². The molecular formula is C23H22. The molecule has 3 aromatic rings. The SMILES string of the molecule is C/C(=C(\c1ccccc1)c1cccc(C)c1)c1cccc(C)c1. The van der Waals surface area contributed by atoms with Crippen LogP contribution >= 0.6 is 0 Å². The summed E-state index contributed by atoms with van der Waals surface area (Å²) in [5, 5.41) is 0. The van der Waals surface area contributed by atoms with Gasteiger partial charge in [-0.15, -0.1) is 0 Å². The van der Waals surface area contributed by atoms with E-state index >= 15 is 0 Å². The van der Waals surface area contributed by atoms with Crippen LogP contribution in [-0.2, 0) is 0 Å². The Kier molecular flexibility index (Phi) is 4.43. The van der Waals surface area contributed by atoms with Crippen LogP contribution in [0.1, 0.15) is 34.7 Å². The average molecular weight is 298 g/mol. The molecule has 0 aliphatic heterocycles. The fourth-order valence-corrected chi connectivity index (χ4v) is 3.03. The third-order valence-electron chi connectivity index (χ3n) is 4.20. The van der Waals surface area contributed by atoms with E-state index in [1.54, 1.807) is 0 Å². The number of hydrogen-bond donors (Lipinski definition) is 0. The lowest BCUT2D eigenvalue weighted by atomic mass is 9.89. The summed E-state index contributed by atoms with van der Waals surface area (Å²) < 4.78 is 0.